The van der Waals surface area contributed by atoms with Crippen LogP contribution in [0.4, 0.5) is 19.0 Å². The first-order chi connectivity index (χ1) is 12.5. The van der Waals surface area contributed by atoms with Crippen molar-refractivity contribution in [3.63, 3.8) is 0 Å². The van der Waals surface area contributed by atoms with Crippen LogP contribution in [-0.4, -0.2) is 54.5 Å². The van der Waals surface area contributed by atoms with Crippen LogP contribution >= 0.6 is 0 Å². The summed E-state index contributed by atoms with van der Waals surface area (Å²) in [5.74, 6) is -0.161. The van der Waals surface area contributed by atoms with Gasteiger partial charge in [0.15, 0.2) is 5.75 Å². The lowest BCUT2D eigenvalue weighted by molar-refractivity contribution is -0.0499. The molecule has 150 valence electrons. The van der Waals surface area contributed by atoms with Crippen molar-refractivity contribution >= 4 is 27.0 Å². The number of alkyl halides is 3. The molecule has 3 heterocycles. The minimum atomic E-state index is -5.84. The molecule has 1 aliphatic rings. The summed E-state index contributed by atoms with van der Waals surface area (Å²) in [6.45, 7) is 6.69. The van der Waals surface area contributed by atoms with Gasteiger partial charge >= 0.3 is 15.6 Å². The van der Waals surface area contributed by atoms with Crippen molar-refractivity contribution in [2.24, 2.45) is 0 Å². The van der Waals surface area contributed by atoms with E-state index in [0.717, 1.165) is 0 Å². The standard InChI is InChI=1S/C15H19F3N4O4S/c1-9(2)22-14-11(7-19-22)20-13(21-4-5-25-8-10(21)3)6-12(14)26-27(23,24)15(16,17)18/h6-7,9-10H,4-5,8H2,1-3H3/t10-/m1/s1. The van der Waals surface area contributed by atoms with E-state index >= 15 is 0 Å². The molecule has 1 aliphatic heterocycles. The number of hydrogen-bond donors (Lipinski definition) is 0. The Morgan fingerprint density at radius 3 is 2.67 bits per heavy atom. The first kappa shape index (κ1) is 19.7. The SMILES string of the molecule is CC(C)n1ncc2nc(N3CCOC[C@H]3C)cc(OS(=O)(=O)C(F)(F)F)c21. The molecule has 8 nitrogen and oxygen atoms in total. The number of hydrogen-bond acceptors (Lipinski definition) is 7. The third-order valence-electron chi connectivity index (χ3n) is 4.14. The van der Waals surface area contributed by atoms with Crippen molar-refractivity contribution in [3.05, 3.63) is 12.3 Å². The van der Waals surface area contributed by atoms with Crippen molar-refractivity contribution in [3.8, 4) is 5.75 Å². The lowest BCUT2D eigenvalue weighted by atomic mass is 10.2. The second-order valence-electron chi connectivity index (χ2n) is 6.50. The van der Waals surface area contributed by atoms with E-state index in [1.165, 1.54) is 16.9 Å². The van der Waals surface area contributed by atoms with Crippen LogP contribution in [0.5, 0.6) is 5.75 Å². The Hall–Kier alpha value is -2.08. The number of fused-ring (bicyclic) bond motifs is 1. The number of aromatic nitrogens is 3. The molecule has 27 heavy (non-hydrogen) atoms. The van der Waals surface area contributed by atoms with Gasteiger partial charge in [-0.25, -0.2) is 4.98 Å². The fourth-order valence-electron chi connectivity index (χ4n) is 2.85. The van der Waals surface area contributed by atoms with Crippen LogP contribution < -0.4 is 9.08 Å². The smallest absolute Gasteiger partial charge is 0.377 e. The first-order valence-electron chi connectivity index (χ1n) is 8.24. The van der Waals surface area contributed by atoms with Crippen LogP contribution in [0.2, 0.25) is 0 Å². The molecular formula is C15H19F3N4O4S. The molecule has 0 spiro atoms. The third kappa shape index (κ3) is 3.68. The largest absolute Gasteiger partial charge is 0.534 e. The number of ether oxygens (including phenoxy) is 1. The van der Waals surface area contributed by atoms with E-state index in [2.05, 4.69) is 14.3 Å². The molecule has 1 atom stereocenters. The molecular weight excluding hydrogens is 389 g/mol. The molecule has 2 aromatic rings. The van der Waals surface area contributed by atoms with Gasteiger partial charge in [-0.2, -0.15) is 26.7 Å². The summed E-state index contributed by atoms with van der Waals surface area (Å²) < 4.78 is 72.9. The highest BCUT2D eigenvalue weighted by Gasteiger charge is 2.49. The minimum absolute atomic E-state index is 0.0856. The summed E-state index contributed by atoms with van der Waals surface area (Å²) in [5, 5.41) is 4.11. The zero-order valence-corrected chi connectivity index (χ0v) is 15.7. The summed E-state index contributed by atoms with van der Waals surface area (Å²) in [6, 6.07) is 0.873. The average Bonchev–Trinajstić information content (AvgIpc) is 2.98. The monoisotopic (exact) mass is 408 g/mol. The van der Waals surface area contributed by atoms with E-state index in [1.54, 1.807) is 13.8 Å². The maximum Gasteiger partial charge on any atom is 0.534 e. The predicted molar refractivity (Wildman–Crippen MR) is 91.1 cm³/mol. The molecule has 0 aromatic carbocycles. The van der Waals surface area contributed by atoms with E-state index in [-0.39, 0.29) is 23.1 Å². The fourth-order valence-corrected chi connectivity index (χ4v) is 3.31. The molecule has 3 rings (SSSR count). The van der Waals surface area contributed by atoms with Gasteiger partial charge in [0, 0.05) is 18.7 Å². The van der Waals surface area contributed by atoms with Gasteiger partial charge in [0.2, 0.25) is 0 Å². The van der Waals surface area contributed by atoms with Gasteiger partial charge in [0.1, 0.15) is 16.9 Å². The quantitative estimate of drug-likeness (QED) is 0.567. The van der Waals surface area contributed by atoms with Crippen molar-refractivity contribution in [2.45, 2.75) is 38.4 Å². The Labute approximate surface area is 154 Å². The van der Waals surface area contributed by atoms with Gasteiger partial charge in [-0.15, -0.1) is 0 Å². The highest BCUT2D eigenvalue weighted by atomic mass is 32.2. The number of anilines is 1. The van der Waals surface area contributed by atoms with E-state index < -0.39 is 21.4 Å². The Bertz CT molecular complexity index is 942. The molecule has 0 bridgehead atoms. The molecule has 0 saturated carbocycles. The molecule has 0 amide bonds. The summed E-state index contributed by atoms with van der Waals surface area (Å²) in [6.07, 6.45) is 1.37. The highest BCUT2D eigenvalue weighted by molar-refractivity contribution is 7.88. The summed E-state index contributed by atoms with van der Waals surface area (Å²) in [4.78, 5) is 6.26. The Morgan fingerprint density at radius 2 is 2.07 bits per heavy atom. The van der Waals surface area contributed by atoms with Crippen LogP contribution in [0.25, 0.3) is 11.0 Å². The predicted octanol–water partition coefficient (Wildman–Crippen LogP) is 2.47. The van der Waals surface area contributed by atoms with E-state index in [1.807, 2.05) is 11.8 Å². The molecule has 1 fully saturated rings. The Balaban J connectivity index is 2.17. The van der Waals surface area contributed by atoms with Gasteiger partial charge in [-0.3, -0.25) is 4.68 Å². The maximum absolute atomic E-state index is 12.8. The lowest BCUT2D eigenvalue weighted by Crippen LogP contribution is -2.44. The molecule has 1 saturated heterocycles. The number of halogens is 3. The van der Waals surface area contributed by atoms with Crippen LogP contribution in [0.1, 0.15) is 26.8 Å². The van der Waals surface area contributed by atoms with Crippen molar-refractivity contribution in [1.29, 1.82) is 0 Å². The van der Waals surface area contributed by atoms with Gasteiger partial charge < -0.3 is 13.8 Å². The Morgan fingerprint density at radius 1 is 1.37 bits per heavy atom. The number of nitrogens with zero attached hydrogens (tertiary/aromatic N) is 4. The van der Waals surface area contributed by atoms with Gasteiger partial charge in [0.25, 0.3) is 0 Å². The normalized spacial score (nSPS) is 19.1. The Kier molecular flexibility index (Phi) is 4.97. The summed E-state index contributed by atoms with van der Waals surface area (Å²) >= 11 is 0. The molecule has 0 unspecified atom stereocenters. The number of pyridine rings is 1. The second-order valence-corrected chi connectivity index (χ2v) is 8.03. The minimum Gasteiger partial charge on any atom is -0.377 e. The summed E-state index contributed by atoms with van der Waals surface area (Å²) in [5.41, 5.74) is -5.22. The van der Waals surface area contributed by atoms with Crippen LogP contribution in [0.15, 0.2) is 12.3 Å². The van der Waals surface area contributed by atoms with Gasteiger partial charge in [-0.05, 0) is 20.8 Å². The second kappa shape index (κ2) is 6.82. The lowest BCUT2D eigenvalue weighted by Gasteiger charge is -2.34. The van der Waals surface area contributed by atoms with Crippen molar-refractivity contribution in [2.75, 3.05) is 24.7 Å². The number of morpholine rings is 1. The summed E-state index contributed by atoms with van der Waals surface area (Å²) in [7, 11) is -5.84. The van der Waals surface area contributed by atoms with Crippen molar-refractivity contribution in [1.82, 2.24) is 14.8 Å². The van der Waals surface area contributed by atoms with Gasteiger partial charge in [0.05, 0.1) is 25.5 Å². The van der Waals surface area contributed by atoms with E-state index in [9.17, 15) is 21.6 Å². The zero-order chi connectivity index (χ0) is 20.0. The third-order valence-corrected chi connectivity index (χ3v) is 5.10. The van der Waals surface area contributed by atoms with E-state index in [4.69, 9.17) is 4.74 Å². The molecule has 0 N–H and O–H groups in total. The molecule has 0 radical (unpaired) electrons. The van der Waals surface area contributed by atoms with Crippen LogP contribution in [0, 0.1) is 0 Å². The van der Waals surface area contributed by atoms with Crippen molar-refractivity contribution < 1.29 is 30.5 Å². The van der Waals surface area contributed by atoms with Crippen LogP contribution in [-0.2, 0) is 14.9 Å². The van der Waals surface area contributed by atoms with Crippen LogP contribution in [0.3, 0.4) is 0 Å². The zero-order valence-electron chi connectivity index (χ0n) is 14.9. The molecule has 2 aromatic heterocycles. The molecule has 12 heteroatoms. The maximum atomic E-state index is 12.8. The van der Waals surface area contributed by atoms with Gasteiger partial charge in [-0.1, -0.05) is 0 Å². The highest BCUT2D eigenvalue weighted by Crippen LogP contribution is 2.35. The average molecular weight is 408 g/mol. The van der Waals surface area contributed by atoms with E-state index in [0.29, 0.717) is 25.6 Å². The topological polar surface area (TPSA) is 86.6 Å². The molecule has 0 aliphatic carbocycles. The first-order valence-corrected chi connectivity index (χ1v) is 9.65. The fraction of sp³-hybridized carbons (Fsp3) is 0.600. The number of rotatable bonds is 4.